The molecule has 5 heteroatoms. The van der Waals surface area contributed by atoms with Gasteiger partial charge in [-0.2, -0.15) is 0 Å². The lowest BCUT2D eigenvalue weighted by Gasteiger charge is -2.44. The molecule has 2 atom stereocenters. The van der Waals surface area contributed by atoms with Crippen LogP contribution in [0.5, 0.6) is 11.5 Å². The molecular formula is C20H16O5. The molecule has 5 rings (SSSR count). The molecule has 0 aromatic heterocycles. The summed E-state index contributed by atoms with van der Waals surface area (Å²) in [6, 6.07) is 11.7. The third-order valence-electron chi connectivity index (χ3n) is 5.17. The first-order valence-electron chi connectivity index (χ1n) is 8.46. The normalized spacial score (nSPS) is 26.4. The van der Waals surface area contributed by atoms with Gasteiger partial charge in [-0.1, -0.05) is 24.3 Å². The number of benzene rings is 2. The Morgan fingerprint density at radius 3 is 2.36 bits per heavy atom. The third-order valence-corrected chi connectivity index (χ3v) is 5.17. The molecule has 25 heavy (non-hydrogen) atoms. The minimum atomic E-state index is -1.13. The van der Waals surface area contributed by atoms with Crippen molar-refractivity contribution in [2.75, 3.05) is 0 Å². The molecule has 0 N–H and O–H groups in total. The Morgan fingerprint density at radius 1 is 1.00 bits per heavy atom. The molecule has 2 heterocycles. The van der Waals surface area contributed by atoms with Crippen LogP contribution >= 0.6 is 0 Å². The monoisotopic (exact) mass is 336 g/mol. The molecule has 0 unspecified atom stereocenters. The number of ketones is 1. The highest BCUT2D eigenvalue weighted by atomic mass is 16.7. The Labute approximate surface area is 144 Å². The number of carbonyl (C=O) groups is 2. The van der Waals surface area contributed by atoms with Gasteiger partial charge in [-0.05, 0) is 30.0 Å². The fourth-order valence-electron chi connectivity index (χ4n) is 4.01. The van der Waals surface area contributed by atoms with Gasteiger partial charge in [0.2, 0.25) is 0 Å². The van der Waals surface area contributed by atoms with Crippen molar-refractivity contribution in [2.24, 2.45) is 5.92 Å². The number of cyclic esters (lactones) is 1. The van der Waals surface area contributed by atoms with Gasteiger partial charge in [0, 0.05) is 18.9 Å². The van der Waals surface area contributed by atoms with Gasteiger partial charge in [0.25, 0.3) is 5.79 Å². The molecule has 2 aromatic rings. The molecule has 2 aromatic carbocycles. The molecular weight excluding hydrogens is 320 g/mol. The zero-order chi connectivity index (χ0) is 17.0. The van der Waals surface area contributed by atoms with Gasteiger partial charge >= 0.3 is 5.97 Å². The highest BCUT2D eigenvalue weighted by Crippen LogP contribution is 2.47. The lowest BCUT2D eigenvalue weighted by Crippen LogP contribution is -2.55. The van der Waals surface area contributed by atoms with E-state index in [2.05, 4.69) is 0 Å². The predicted octanol–water partition coefficient (Wildman–Crippen LogP) is 3.16. The van der Waals surface area contributed by atoms with E-state index in [9.17, 15) is 9.59 Å². The van der Waals surface area contributed by atoms with Crippen molar-refractivity contribution in [3.05, 3.63) is 48.6 Å². The molecule has 1 saturated heterocycles. The number of hydrogen-bond donors (Lipinski definition) is 0. The second-order valence-electron chi connectivity index (χ2n) is 6.71. The van der Waals surface area contributed by atoms with Gasteiger partial charge in [-0.3, -0.25) is 9.59 Å². The molecule has 3 aliphatic rings. The number of carbonyl (C=O) groups excluding carboxylic acids is 2. The number of rotatable bonds is 1. The molecule has 0 radical (unpaired) electrons. The first-order chi connectivity index (χ1) is 12.1. The van der Waals surface area contributed by atoms with Crippen LogP contribution in [0.3, 0.4) is 0 Å². The molecule has 0 saturated carbocycles. The number of allylic oxidation sites excluding steroid dienone is 1. The summed E-state index contributed by atoms with van der Waals surface area (Å²) in [5.41, 5.74) is 0. The molecule has 126 valence electrons. The van der Waals surface area contributed by atoms with Crippen LogP contribution in [-0.4, -0.2) is 23.6 Å². The Bertz CT molecular complexity index is 888. The van der Waals surface area contributed by atoms with Crippen LogP contribution in [0.4, 0.5) is 0 Å². The predicted molar refractivity (Wildman–Crippen MR) is 89.3 cm³/mol. The topological polar surface area (TPSA) is 61.8 Å². The van der Waals surface area contributed by atoms with E-state index < -0.39 is 5.79 Å². The van der Waals surface area contributed by atoms with Crippen molar-refractivity contribution in [2.45, 2.75) is 31.2 Å². The van der Waals surface area contributed by atoms with E-state index >= 15 is 0 Å². The highest BCUT2D eigenvalue weighted by Gasteiger charge is 2.53. The molecule has 5 nitrogen and oxygen atoms in total. The van der Waals surface area contributed by atoms with Gasteiger partial charge in [0.15, 0.2) is 5.78 Å². The SMILES string of the molecule is O=C1C=CC2(Oc3cccc4cccc(c34)O2)[C@H]([C@H]2CCC(=O)O2)C1. The van der Waals surface area contributed by atoms with Gasteiger partial charge in [0.05, 0.1) is 11.3 Å². The maximum atomic E-state index is 12.0. The van der Waals surface area contributed by atoms with Crippen LogP contribution in [0.2, 0.25) is 0 Å². The molecule has 1 aliphatic carbocycles. The third kappa shape index (κ3) is 2.15. The van der Waals surface area contributed by atoms with Crippen LogP contribution in [-0.2, 0) is 14.3 Å². The molecule has 2 aliphatic heterocycles. The number of hydrogen-bond acceptors (Lipinski definition) is 5. The van der Waals surface area contributed by atoms with Gasteiger partial charge in [0.1, 0.15) is 17.6 Å². The largest absolute Gasteiger partial charge is 0.462 e. The second kappa shape index (κ2) is 5.09. The maximum Gasteiger partial charge on any atom is 0.306 e. The average molecular weight is 336 g/mol. The summed E-state index contributed by atoms with van der Waals surface area (Å²) in [7, 11) is 0. The molecule has 0 bridgehead atoms. The summed E-state index contributed by atoms with van der Waals surface area (Å²) in [5, 5.41) is 1.95. The quantitative estimate of drug-likeness (QED) is 0.749. The lowest BCUT2D eigenvalue weighted by molar-refractivity contribution is -0.171. The summed E-state index contributed by atoms with van der Waals surface area (Å²) in [6.45, 7) is 0. The van der Waals surface area contributed by atoms with E-state index in [0.717, 1.165) is 10.8 Å². The van der Waals surface area contributed by atoms with Crippen molar-refractivity contribution in [3.63, 3.8) is 0 Å². The minimum absolute atomic E-state index is 0.0113. The number of ether oxygens (including phenoxy) is 3. The van der Waals surface area contributed by atoms with Gasteiger partial charge in [-0.25, -0.2) is 0 Å². The van der Waals surface area contributed by atoms with E-state index in [1.54, 1.807) is 6.08 Å². The van der Waals surface area contributed by atoms with E-state index in [-0.39, 0.29) is 30.2 Å². The minimum Gasteiger partial charge on any atom is -0.462 e. The summed E-state index contributed by atoms with van der Waals surface area (Å²) in [4.78, 5) is 23.6. The zero-order valence-corrected chi connectivity index (χ0v) is 13.4. The van der Waals surface area contributed by atoms with E-state index in [1.165, 1.54) is 6.08 Å². The van der Waals surface area contributed by atoms with Crippen LogP contribution in [0.25, 0.3) is 10.8 Å². The highest BCUT2D eigenvalue weighted by molar-refractivity contribution is 5.95. The fourth-order valence-corrected chi connectivity index (χ4v) is 4.01. The van der Waals surface area contributed by atoms with Crippen molar-refractivity contribution in [1.29, 1.82) is 0 Å². The van der Waals surface area contributed by atoms with Crippen molar-refractivity contribution in [1.82, 2.24) is 0 Å². The summed E-state index contributed by atoms with van der Waals surface area (Å²) >= 11 is 0. The Balaban J connectivity index is 1.63. The molecule has 1 spiro atoms. The fraction of sp³-hybridized carbons (Fsp3) is 0.300. The maximum absolute atomic E-state index is 12.0. The Kier molecular flexibility index (Phi) is 2.95. The standard InChI is InChI=1S/C20H16O5/c21-13-9-10-20(14(11-13)15-7-8-18(22)23-15)24-16-5-1-3-12-4-2-6-17(25-20)19(12)16/h1-6,9-10,14-15H,7-8,11H2/t14-,15+/m0/s1. The van der Waals surface area contributed by atoms with Crippen molar-refractivity contribution < 1.29 is 23.8 Å². The number of esters is 1. The first kappa shape index (κ1) is 14.5. The zero-order valence-electron chi connectivity index (χ0n) is 13.4. The molecule has 0 amide bonds. The van der Waals surface area contributed by atoms with E-state index in [1.807, 2.05) is 36.4 Å². The summed E-state index contributed by atoms with van der Waals surface area (Å²) in [5.74, 6) is -0.324. The van der Waals surface area contributed by atoms with Crippen LogP contribution < -0.4 is 9.47 Å². The smallest absolute Gasteiger partial charge is 0.306 e. The van der Waals surface area contributed by atoms with Crippen molar-refractivity contribution in [3.8, 4) is 11.5 Å². The van der Waals surface area contributed by atoms with Crippen LogP contribution in [0.1, 0.15) is 19.3 Å². The van der Waals surface area contributed by atoms with Crippen LogP contribution in [0.15, 0.2) is 48.6 Å². The van der Waals surface area contributed by atoms with Crippen LogP contribution in [0, 0.1) is 5.92 Å². The van der Waals surface area contributed by atoms with Gasteiger partial charge in [-0.15, -0.1) is 0 Å². The van der Waals surface area contributed by atoms with Gasteiger partial charge < -0.3 is 14.2 Å². The Morgan fingerprint density at radius 2 is 1.72 bits per heavy atom. The second-order valence-corrected chi connectivity index (χ2v) is 6.71. The Hall–Kier alpha value is -2.82. The lowest BCUT2D eigenvalue weighted by atomic mass is 9.81. The summed E-state index contributed by atoms with van der Waals surface area (Å²) in [6.07, 6.45) is 3.95. The van der Waals surface area contributed by atoms with E-state index in [4.69, 9.17) is 14.2 Å². The summed E-state index contributed by atoms with van der Waals surface area (Å²) < 4.78 is 18.0. The molecule has 1 fully saturated rings. The van der Waals surface area contributed by atoms with Crippen molar-refractivity contribution >= 4 is 22.5 Å². The first-order valence-corrected chi connectivity index (χ1v) is 8.46. The average Bonchev–Trinajstić information content (AvgIpc) is 3.04. The van der Waals surface area contributed by atoms with E-state index in [0.29, 0.717) is 24.3 Å².